The predicted molar refractivity (Wildman–Crippen MR) is 73.0 cm³/mol. The van der Waals surface area contributed by atoms with Gasteiger partial charge in [0.1, 0.15) is 6.04 Å². The molecule has 0 aromatic rings. The fourth-order valence-electron chi connectivity index (χ4n) is 2.47. The first-order chi connectivity index (χ1) is 9.32. The lowest BCUT2D eigenvalue weighted by Gasteiger charge is -2.34. The van der Waals surface area contributed by atoms with Gasteiger partial charge in [-0.1, -0.05) is 19.3 Å². The molecule has 7 heteroatoms. The highest BCUT2D eigenvalue weighted by Crippen LogP contribution is 2.27. The fraction of sp³-hybridized carbons (Fsp3) is 0.769. The topological polar surface area (TPSA) is 122 Å². The minimum Gasteiger partial charge on any atom is -0.480 e. The molecule has 0 bridgehead atoms. The van der Waals surface area contributed by atoms with Gasteiger partial charge in [0, 0.05) is 12.0 Å². The lowest BCUT2D eigenvalue weighted by Crippen LogP contribution is -2.54. The van der Waals surface area contributed by atoms with Crippen molar-refractivity contribution in [3.8, 4) is 0 Å². The Balaban J connectivity index is 2.48. The van der Waals surface area contributed by atoms with E-state index in [9.17, 15) is 14.4 Å². The number of carboxylic acids is 1. The zero-order valence-electron chi connectivity index (χ0n) is 11.8. The quantitative estimate of drug-likeness (QED) is 0.574. The van der Waals surface area contributed by atoms with E-state index in [1.165, 1.54) is 0 Å². The van der Waals surface area contributed by atoms with Gasteiger partial charge in [-0.15, -0.1) is 0 Å². The molecule has 1 fully saturated rings. The number of carboxylic acid groups (broad SMARTS) is 1. The Morgan fingerprint density at radius 2 is 1.85 bits per heavy atom. The Morgan fingerprint density at radius 3 is 2.35 bits per heavy atom. The van der Waals surface area contributed by atoms with E-state index in [0.717, 1.165) is 32.1 Å². The standard InChI is InChI=1S/C13H23N3O4/c1-13(7-3-2-4-8-13)16-12(20)15-9(11(18)19)5-6-10(14)17/h9H,2-8H2,1H3,(H2,14,17)(H,18,19)(H2,15,16,20)/t9-/m0/s1. The summed E-state index contributed by atoms with van der Waals surface area (Å²) >= 11 is 0. The third-order valence-corrected chi connectivity index (χ3v) is 3.66. The van der Waals surface area contributed by atoms with E-state index in [1.54, 1.807) is 0 Å². The van der Waals surface area contributed by atoms with E-state index in [-0.39, 0.29) is 18.4 Å². The van der Waals surface area contributed by atoms with Crippen molar-refractivity contribution in [1.82, 2.24) is 10.6 Å². The minimum atomic E-state index is -1.17. The molecule has 0 unspecified atom stereocenters. The van der Waals surface area contributed by atoms with Crippen molar-refractivity contribution in [2.75, 3.05) is 0 Å². The molecule has 0 heterocycles. The van der Waals surface area contributed by atoms with Crippen LogP contribution in [0.5, 0.6) is 0 Å². The van der Waals surface area contributed by atoms with Crippen LogP contribution >= 0.6 is 0 Å². The van der Waals surface area contributed by atoms with Gasteiger partial charge in [-0.2, -0.15) is 0 Å². The van der Waals surface area contributed by atoms with E-state index >= 15 is 0 Å². The van der Waals surface area contributed by atoms with Crippen LogP contribution in [-0.4, -0.2) is 34.6 Å². The number of nitrogens with one attached hydrogen (secondary N) is 2. The first kappa shape index (κ1) is 16.3. The SMILES string of the molecule is CC1(NC(=O)N[C@@H](CCC(N)=O)C(=O)O)CCCCC1. The summed E-state index contributed by atoms with van der Waals surface area (Å²) in [6.07, 6.45) is 4.97. The van der Waals surface area contributed by atoms with Crippen LogP contribution < -0.4 is 16.4 Å². The second kappa shape index (κ2) is 7.12. The van der Waals surface area contributed by atoms with Gasteiger partial charge in [0.25, 0.3) is 0 Å². The van der Waals surface area contributed by atoms with E-state index in [2.05, 4.69) is 10.6 Å². The second-order valence-electron chi connectivity index (χ2n) is 5.62. The average Bonchev–Trinajstić information content (AvgIpc) is 2.34. The Kier molecular flexibility index (Phi) is 5.79. The summed E-state index contributed by atoms with van der Waals surface area (Å²) in [6.45, 7) is 1.96. The van der Waals surface area contributed by atoms with Crippen molar-refractivity contribution >= 4 is 17.9 Å². The summed E-state index contributed by atoms with van der Waals surface area (Å²) in [5.41, 5.74) is 4.70. The predicted octanol–water partition coefficient (Wildman–Crippen LogP) is 0.727. The monoisotopic (exact) mass is 285 g/mol. The Hall–Kier alpha value is -1.79. The molecule has 0 aliphatic heterocycles. The Labute approximate surface area is 118 Å². The maximum Gasteiger partial charge on any atom is 0.326 e. The molecule has 1 aliphatic carbocycles. The lowest BCUT2D eigenvalue weighted by molar-refractivity contribution is -0.139. The number of carbonyl (C=O) groups excluding carboxylic acids is 2. The van der Waals surface area contributed by atoms with Crippen molar-refractivity contribution in [3.05, 3.63) is 0 Å². The van der Waals surface area contributed by atoms with Gasteiger partial charge in [0.05, 0.1) is 0 Å². The molecular formula is C13H23N3O4. The molecule has 114 valence electrons. The second-order valence-corrected chi connectivity index (χ2v) is 5.62. The van der Waals surface area contributed by atoms with Crippen LogP contribution in [-0.2, 0) is 9.59 Å². The first-order valence-corrected chi connectivity index (χ1v) is 6.92. The molecule has 0 aromatic carbocycles. The largest absolute Gasteiger partial charge is 0.480 e. The minimum absolute atomic E-state index is 0.00516. The van der Waals surface area contributed by atoms with Crippen LogP contribution in [0.4, 0.5) is 4.79 Å². The van der Waals surface area contributed by atoms with Crippen molar-refractivity contribution in [1.29, 1.82) is 0 Å². The highest BCUT2D eigenvalue weighted by atomic mass is 16.4. The molecule has 0 spiro atoms. The molecule has 0 aromatic heterocycles. The van der Waals surface area contributed by atoms with Crippen LogP contribution in [0.3, 0.4) is 0 Å². The van der Waals surface area contributed by atoms with Crippen LogP contribution in [0.15, 0.2) is 0 Å². The number of amides is 3. The number of carbonyl (C=O) groups is 3. The molecule has 7 nitrogen and oxygen atoms in total. The molecule has 1 aliphatic rings. The third-order valence-electron chi connectivity index (χ3n) is 3.66. The van der Waals surface area contributed by atoms with Crippen molar-refractivity contribution < 1.29 is 19.5 Å². The van der Waals surface area contributed by atoms with Gasteiger partial charge in [0.2, 0.25) is 5.91 Å². The number of rotatable bonds is 6. The molecule has 3 amide bonds. The van der Waals surface area contributed by atoms with Gasteiger partial charge >= 0.3 is 12.0 Å². The molecular weight excluding hydrogens is 262 g/mol. The van der Waals surface area contributed by atoms with Gasteiger partial charge in [-0.3, -0.25) is 4.79 Å². The summed E-state index contributed by atoms with van der Waals surface area (Å²) in [4.78, 5) is 33.6. The van der Waals surface area contributed by atoms with Crippen LogP contribution in [0, 0.1) is 0 Å². The van der Waals surface area contributed by atoms with E-state index < -0.39 is 23.9 Å². The number of primary amides is 1. The molecule has 0 radical (unpaired) electrons. The maximum atomic E-state index is 11.9. The highest BCUT2D eigenvalue weighted by molar-refractivity contribution is 5.83. The van der Waals surface area contributed by atoms with Gasteiger partial charge in [0.15, 0.2) is 0 Å². The van der Waals surface area contributed by atoms with Crippen molar-refractivity contribution in [2.45, 2.75) is 63.5 Å². The van der Waals surface area contributed by atoms with E-state index in [4.69, 9.17) is 10.8 Å². The Morgan fingerprint density at radius 1 is 1.25 bits per heavy atom. The number of aliphatic carboxylic acids is 1. The van der Waals surface area contributed by atoms with Crippen LogP contribution in [0.2, 0.25) is 0 Å². The highest BCUT2D eigenvalue weighted by Gasteiger charge is 2.30. The average molecular weight is 285 g/mol. The van der Waals surface area contributed by atoms with Gasteiger partial charge in [-0.25, -0.2) is 9.59 Å². The smallest absolute Gasteiger partial charge is 0.326 e. The summed E-state index contributed by atoms with van der Waals surface area (Å²) in [7, 11) is 0. The van der Waals surface area contributed by atoms with Gasteiger partial charge < -0.3 is 21.5 Å². The zero-order chi connectivity index (χ0) is 15.2. The number of hydrogen-bond acceptors (Lipinski definition) is 3. The van der Waals surface area contributed by atoms with Gasteiger partial charge in [-0.05, 0) is 26.2 Å². The van der Waals surface area contributed by atoms with E-state index in [0.29, 0.717) is 0 Å². The zero-order valence-corrected chi connectivity index (χ0v) is 11.8. The number of nitrogens with two attached hydrogens (primary N) is 1. The molecule has 20 heavy (non-hydrogen) atoms. The summed E-state index contributed by atoms with van der Waals surface area (Å²) in [5.74, 6) is -1.76. The Bertz CT molecular complexity index is 378. The summed E-state index contributed by atoms with van der Waals surface area (Å²) in [6, 6.07) is -1.61. The molecule has 0 saturated heterocycles. The first-order valence-electron chi connectivity index (χ1n) is 6.92. The normalized spacial score (nSPS) is 18.9. The lowest BCUT2D eigenvalue weighted by atomic mass is 9.83. The maximum absolute atomic E-state index is 11.9. The summed E-state index contributed by atoms with van der Waals surface area (Å²) < 4.78 is 0. The van der Waals surface area contributed by atoms with Crippen LogP contribution in [0.1, 0.15) is 51.9 Å². The molecule has 1 rings (SSSR count). The molecule has 5 N–H and O–H groups in total. The van der Waals surface area contributed by atoms with Crippen molar-refractivity contribution in [3.63, 3.8) is 0 Å². The molecule has 1 atom stereocenters. The van der Waals surface area contributed by atoms with E-state index in [1.807, 2.05) is 6.92 Å². The van der Waals surface area contributed by atoms with Crippen LogP contribution in [0.25, 0.3) is 0 Å². The summed E-state index contributed by atoms with van der Waals surface area (Å²) in [5, 5.41) is 14.2. The number of urea groups is 1. The third kappa shape index (κ3) is 5.46. The molecule has 1 saturated carbocycles. The number of hydrogen-bond donors (Lipinski definition) is 4. The fourth-order valence-corrected chi connectivity index (χ4v) is 2.47. The van der Waals surface area contributed by atoms with Crippen molar-refractivity contribution in [2.24, 2.45) is 5.73 Å².